The Labute approximate surface area is 202 Å². The second-order valence-electron chi connectivity index (χ2n) is 7.82. The quantitative estimate of drug-likeness (QED) is 0.344. The van der Waals surface area contributed by atoms with Crippen LogP contribution in [0.4, 0.5) is 5.69 Å². The molecule has 3 atom stereocenters. The summed E-state index contributed by atoms with van der Waals surface area (Å²) in [5, 5.41) is 22.0. The predicted octanol–water partition coefficient (Wildman–Crippen LogP) is 4.05. The van der Waals surface area contributed by atoms with Crippen molar-refractivity contribution in [2.75, 3.05) is 13.7 Å². The van der Waals surface area contributed by atoms with Gasteiger partial charge in [0.2, 0.25) is 0 Å². The summed E-state index contributed by atoms with van der Waals surface area (Å²) in [5.74, 6) is -3.31. The molecule has 9 heteroatoms. The number of allylic oxidation sites excluding steroid dienone is 1. The second-order valence-corrected chi connectivity index (χ2v) is 7.82. The van der Waals surface area contributed by atoms with E-state index in [-0.39, 0.29) is 23.6 Å². The molecule has 3 rings (SSSR count). The molecule has 0 saturated heterocycles. The van der Waals surface area contributed by atoms with Crippen LogP contribution in [-0.4, -0.2) is 41.4 Å². The van der Waals surface area contributed by atoms with Crippen molar-refractivity contribution >= 4 is 23.3 Å². The summed E-state index contributed by atoms with van der Waals surface area (Å²) in [4.78, 5) is 41.3. The zero-order valence-electron chi connectivity index (χ0n) is 19.6. The Hall–Kier alpha value is -4.11. The van der Waals surface area contributed by atoms with Crippen LogP contribution < -0.4 is 0 Å². The highest BCUT2D eigenvalue weighted by Crippen LogP contribution is 2.41. The lowest BCUT2D eigenvalue weighted by molar-refractivity contribution is -0.384. The molecular weight excluding hydrogens is 452 g/mol. The maximum atomic E-state index is 13.2. The average molecular weight is 479 g/mol. The molecule has 1 N–H and O–H groups in total. The third-order valence-corrected chi connectivity index (χ3v) is 5.64. The van der Waals surface area contributed by atoms with Crippen LogP contribution in [0.5, 0.6) is 0 Å². The van der Waals surface area contributed by atoms with Crippen LogP contribution in [0, 0.1) is 16.0 Å². The van der Waals surface area contributed by atoms with Crippen molar-refractivity contribution < 1.29 is 29.1 Å². The van der Waals surface area contributed by atoms with E-state index in [9.17, 15) is 24.8 Å². The number of hydrogen-bond acceptors (Lipinski definition) is 8. The van der Waals surface area contributed by atoms with Gasteiger partial charge in [-0.05, 0) is 37.1 Å². The molecule has 0 bridgehead atoms. The molecule has 0 amide bonds. The molecule has 0 spiro atoms. The SMILES string of the molecule is CCOC(=O)C1=C(C=CC(O)c2ccccc2)N=C(C)C(C(=O)OC)C1c1cccc([N+](=O)[O-])c1. The van der Waals surface area contributed by atoms with Crippen molar-refractivity contribution in [3.8, 4) is 0 Å². The van der Waals surface area contributed by atoms with Gasteiger partial charge in [0.1, 0.15) is 5.92 Å². The molecular formula is C26H26N2O7. The number of rotatable bonds is 8. The van der Waals surface area contributed by atoms with E-state index in [1.165, 1.54) is 37.5 Å². The molecule has 3 unspecified atom stereocenters. The third-order valence-electron chi connectivity index (χ3n) is 5.64. The fourth-order valence-electron chi connectivity index (χ4n) is 4.02. The number of esters is 2. The lowest BCUT2D eigenvalue weighted by Gasteiger charge is -2.31. The van der Waals surface area contributed by atoms with Gasteiger partial charge in [-0.2, -0.15) is 0 Å². The van der Waals surface area contributed by atoms with Crippen LogP contribution in [-0.2, 0) is 19.1 Å². The number of carbonyl (C=O) groups excluding carboxylic acids is 2. The van der Waals surface area contributed by atoms with Crippen LogP contribution in [0.2, 0.25) is 0 Å². The first-order valence-corrected chi connectivity index (χ1v) is 11.0. The normalized spacial score (nSPS) is 18.7. The molecule has 0 aliphatic carbocycles. The minimum Gasteiger partial charge on any atom is -0.468 e. The number of nitro benzene ring substituents is 1. The molecule has 2 aromatic carbocycles. The van der Waals surface area contributed by atoms with E-state index in [1.54, 1.807) is 44.2 Å². The van der Waals surface area contributed by atoms with E-state index in [0.717, 1.165) is 0 Å². The number of hydrogen-bond donors (Lipinski definition) is 1. The van der Waals surface area contributed by atoms with Gasteiger partial charge in [0, 0.05) is 23.8 Å². The summed E-state index contributed by atoms with van der Waals surface area (Å²) in [6.45, 7) is 3.33. The summed E-state index contributed by atoms with van der Waals surface area (Å²) in [6.07, 6.45) is 1.99. The van der Waals surface area contributed by atoms with Gasteiger partial charge in [-0.3, -0.25) is 19.9 Å². The Morgan fingerprint density at radius 1 is 1.20 bits per heavy atom. The number of benzene rings is 2. The average Bonchev–Trinajstić information content (AvgIpc) is 2.86. The summed E-state index contributed by atoms with van der Waals surface area (Å²) < 4.78 is 10.3. The first kappa shape index (κ1) is 25.5. The predicted molar refractivity (Wildman–Crippen MR) is 129 cm³/mol. The zero-order valence-corrected chi connectivity index (χ0v) is 19.6. The van der Waals surface area contributed by atoms with E-state index >= 15 is 0 Å². The Bertz CT molecular complexity index is 1200. The Balaban J connectivity index is 2.20. The van der Waals surface area contributed by atoms with Gasteiger partial charge in [0.25, 0.3) is 5.69 Å². The fraction of sp³-hybridized carbons (Fsp3) is 0.269. The van der Waals surface area contributed by atoms with Crippen LogP contribution >= 0.6 is 0 Å². The monoisotopic (exact) mass is 478 g/mol. The number of methoxy groups -OCH3 is 1. The van der Waals surface area contributed by atoms with Crippen molar-refractivity contribution in [1.29, 1.82) is 0 Å². The largest absolute Gasteiger partial charge is 0.468 e. The molecule has 0 fully saturated rings. The van der Waals surface area contributed by atoms with E-state index in [2.05, 4.69) is 4.99 Å². The van der Waals surface area contributed by atoms with Gasteiger partial charge >= 0.3 is 11.9 Å². The maximum absolute atomic E-state index is 13.2. The van der Waals surface area contributed by atoms with E-state index in [0.29, 0.717) is 16.8 Å². The molecule has 0 radical (unpaired) electrons. The summed E-state index contributed by atoms with van der Waals surface area (Å²) >= 11 is 0. The van der Waals surface area contributed by atoms with Gasteiger partial charge in [0.05, 0.1) is 36.0 Å². The van der Waals surface area contributed by atoms with Crippen molar-refractivity contribution in [3.05, 3.63) is 99.3 Å². The van der Waals surface area contributed by atoms with Crippen molar-refractivity contribution in [2.45, 2.75) is 25.9 Å². The molecule has 1 heterocycles. The van der Waals surface area contributed by atoms with Gasteiger partial charge < -0.3 is 14.6 Å². The van der Waals surface area contributed by atoms with Gasteiger partial charge in [-0.15, -0.1) is 0 Å². The molecule has 0 saturated carbocycles. The first-order valence-electron chi connectivity index (χ1n) is 11.0. The van der Waals surface area contributed by atoms with E-state index < -0.39 is 34.8 Å². The second kappa shape index (κ2) is 11.3. The molecule has 1 aliphatic rings. The maximum Gasteiger partial charge on any atom is 0.336 e. The summed E-state index contributed by atoms with van der Waals surface area (Å²) in [6, 6.07) is 14.6. The topological polar surface area (TPSA) is 128 Å². The van der Waals surface area contributed by atoms with Crippen LogP contribution in [0.15, 0.2) is 83.0 Å². The number of aliphatic imine (C=N–C) groups is 1. The van der Waals surface area contributed by atoms with E-state index in [1.807, 2.05) is 6.07 Å². The Morgan fingerprint density at radius 2 is 1.91 bits per heavy atom. The minimum absolute atomic E-state index is 0.0462. The number of nitrogens with zero attached hydrogens (tertiary/aromatic N) is 2. The highest BCUT2D eigenvalue weighted by Gasteiger charge is 2.43. The molecule has 0 aromatic heterocycles. The minimum atomic E-state index is -1.00. The van der Waals surface area contributed by atoms with Crippen LogP contribution in [0.1, 0.15) is 37.0 Å². The van der Waals surface area contributed by atoms with Gasteiger partial charge in [-0.1, -0.05) is 42.5 Å². The molecule has 9 nitrogen and oxygen atoms in total. The lowest BCUT2D eigenvalue weighted by Crippen LogP contribution is -2.36. The van der Waals surface area contributed by atoms with Crippen LogP contribution in [0.25, 0.3) is 0 Å². The molecule has 182 valence electrons. The number of aliphatic hydroxyl groups excluding tert-OH is 1. The zero-order chi connectivity index (χ0) is 25.5. The number of ether oxygens (including phenoxy) is 2. The lowest BCUT2D eigenvalue weighted by atomic mass is 9.75. The summed E-state index contributed by atoms with van der Waals surface area (Å²) in [5.41, 5.74) is 1.40. The fourth-order valence-corrected chi connectivity index (χ4v) is 4.02. The standard InChI is InChI=1S/C26H26N2O7/c1-4-35-26(31)24-20(13-14-21(29)17-9-6-5-7-10-17)27-16(2)22(25(30)34-3)23(24)18-11-8-12-19(15-18)28(32)33/h5-15,21-23,29H,4H2,1-3H3. The van der Waals surface area contributed by atoms with Crippen molar-refractivity contribution in [2.24, 2.45) is 10.9 Å². The number of aliphatic hydroxyl groups is 1. The Morgan fingerprint density at radius 3 is 2.54 bits per heavy atom. The highest BCUT2D eigenvalue weighted by atomic mass is 16.6. The van der Waals surface area contributed by atoms with Crippen LogP contribution in [0.3, 0.4) is 0 Å². The van der Waals surface area contributed by atoms with E-state index in [4.69, 9.17) is 9.47 Å². The summed E-state index contributed by atoms with van der Waals surface area (Å²) in [7, 11) is 1.22. The number of nitro groups is 1. The van der Waals surface area contributed by atoms with Crippen molar-refractivity contribution in [1.82, 2.24) is 0 Å². The first-order chi connectivity index (χ1) is 16.8. The van der Waals surface area contributed by atoms with Gasteiger partial charge in [-0.25, -0.2) is 4.79 Å². The highest BCUT2D eigenvalue weighted by molar-refractivity contribution is 6.07. The molecule has 1 aliphatic heterocycles. The number of non-ortho nitro benzene ring substituents is 1. The Kier molecular flexibility index (Phi) is 8.27. The molecule has 2 aromatic rings. The molecule has 35 heavy (non-hydrogen) atoms. The number of carbonyl (C=O) groups is 2. The third kappa shape index (κ3) is 5.70. The van der Waals surface area contributed by atoms with Crippen molar-refractivity contribution in [3.63, 3.8) is 0 Å². The smallest absolute Gasteiger partial charge is 0.336 e. The van der Waals surface area contributed by atoms with Gasteiger partial charge in [0.15, 0.2) is 0 Å².